The molecule has 1 heterocycles. The normalized spacial score (nSPS) is 17.2. The Labute approximate surface area is 93.5 Å². The van der Waals surface area contributed by atoms with Gasteiger partial charge in [0.05, 0.1) is 12.6 Å². The molecule has 16 heavy (non-hydrogen) atoms. The molecule has 4 heteroatoms. The largest absolute Gasteiger partial charge is 0.392 e. The molecule has 1 atom stereocenters. The Morgan fingerprint density at radius 1 is 1.50 bits per heavy atom. The lowest BCUT2D eigenvalue weighted by Gasteiger charge is -2.30. The number of hydrogen-bond acceptors (Lipinski definition) is 2. The van der Waals surface area contributed by atoms with Crippen molar-refractivity contribution in [3.05, 3.63) is 29.6 Å². The molecular formula is C12H14FNO2. The van der Waals surface area contributed by atoms with Crippen LogP contribution in [0.5, 0.6) is 0 Å². The van der Waals surface area contributed by atoms with Gasteiger partial charge in [-0.3, -0.25) is 4.79 Å². The molecule has 0 saturated heterocycles. The molecule has 1 unspecified atom stereocenters. The Kier molecular flexibility index (Phi) is 2.92. The number of aliphatic hydroxyl groups excluding tert-OH is 1. The lowest BCUT2D eigenvalue weighted by molar-refractivity contribution is -0.119. The van der Waals surface area contributed by atoms with Crippen molar-refractivity contribution >= 4 is 11.6 Å². The summed E-state index contributed by atoms with van der Waals surface area (Å²) in [5.74, 6) is -0.301. The molecule has 1 amide bonds. The van der Waals surface area contributed by atoms with Gasteiger partial charge in [0, 0.05) is 12.1 Å². The molecule has 0 fully saturated rings. The van der Waals surface area contributed by atoms with Gasteiger partial charge in [0.15, 0.2) is 0 Å². The smallest absolute Gasteiger partial charge is 0.227 e. The standard InChI is InChI=1S/C12H14FNO2/c1-8(15)7-14-11-4-3-10(13)6-9(11)2-5-12(14)16/h3-4,6,8,15H,2,5,7H2,1H3. The van der Waals surface area contributed by atoms with Crippen molar-refractivity contribution < 1.29 is 14.3 Å². The van der Waals surface area contributed by atoms with Gasteiger partial charge in [-0.2, -0.15) is 0 Å². The number of carbonyl (C=O) groups excluding carboxylic acids is 1. The molecular weight excluding hydrogens is 209 g/mol. The van der Waals surface area contributed by atoms with Gasteiger partial charge in [0.2, 0.25) is 5.91 Å². The van der Waals surface area contributed by atoms with Crippen LogP contribution in [0, 0.1) is 5.82 Å². The molecule has 0 spiro atoms. The van der Waals surface area contributed by atoms with Crippen LogP contribution in [-0.4, -0.2) is 23.7 Å². The van der Waals surface area contributed by atoms with Crippen molar-refractivity contribution in [2.24, 2.45) is 0 Å². The predicted octanol–water partition coefficient (Wildman–Crippen LogP) is 1.49. The number of rotatable bonds is 2. The first-order chi connectivity index (χ1) is 7.58. The van der Waals surface area contributed by atoms with Crippen molar-refractivity contribution in [3.8, 4) is 0 Å². The van der Waals surface area contributed by atoms with Crippen LogP contribution in [0.15, 0.2) is 18.2 Å². The third kappa shape index (κ3) is 2.07. The highest BCUT2D eigenvalue weighted by molar-refractivity contribution is 5.96. The molecule has 1 aliphatic heterocycles. The van der Waals surface area contributed by atoms with Crippen LogP contribution in [0.3, 0.4) is 0 Å². The first-order valence-electron chi connectivity index (χ1n) is 5.35. The molecule has 0 saturated carbocycles. The molecule has 2 rings (SSSR count). The van der Waals surface area contributed by atoms with Gasteiger partial charge in [-0.25, -0.2) is 4.39 Å². The Morgan fingerprint density at radius 3 is 2.94 bits per heavy atom. The second kappa shape index (κ2) is 4.22. The van der Waals surface area contributed by atoms with Crippen LogP contribution in [0.4, 0.5) is 10.1 Å². The lowest BCUT2D eigenvalue weighted by atomic mass is 10.0. The minimum atomic E-state index is -0.583. The Balaban J connectivity index is 2.36. The molecule has 3 nitrogen and oxygen atoms in total. The highest BCUT2D eigenvalue weighted by Gasteiger charge is 2.25. The van der Waals surface area contributed by atoms with Crippen LogP contribution in [0.2, 0.25) is 0 Å². The van der Waals surface area contributed by atoms with Crippen LogP contribution in [0.1, 0.15) is 18.9 Å². The summed E-state index contributed by atoms with van der Waals surface area (Å²) in [4.78, 5) is 13.2. The molecule has 0 aromatic heterocycles. The van der Waals surface area contributed by atoms with E-state index in [-0.39, 0.29) is 18.3 Å². The predicted molar refractivity (Wildman–Crippen MR) is 58.8 cm³/mol. The van der Waals surface area contributed by atoms with Gasteiger partial charge in [-0.05, 0) is 37.1 Å². The quantitative estimate of drug-likeness (QED) is 0.825. The first-order valence-corrected chi connectivity index (χ1v) is 5.35. The van der Waals surface area contributed by atoms with Crippen molar-refractivity contribution in [2.45, 2.75) is 25.9 Å². The topological polar surface area (TPSA) is 40.5 Å². The maximum atomic E-state index is 13.0. The number of amides is 1. The SMILES string of the molecule is CC(O)CN1C(=O)CCc2cc(F)ccc21. The van der Waals surface area contributed by atoms with Crippen LogP contribution < -0.4 is 4.90 Å². The lowest BCUT2D eigenvalue weighted by Crippen LogP contribution is -2.39. The van der Waals surface area contributed by atoms with Gasteiger partial charge < -0.3 is 10.0 Å². The van der Waals surface area contributed by atoms with E-state index < -0.39 is 6.10 Å². The van der Waals surface area contributed by atoms with Gasteiger partial charge in [-0.1, -0.05) is 0 Å². The number of benzene rings is 1. The van der Waals surface area contributed by atoms with E-state index in [2.05, 4.69) is 0 Å². The maximum Gasteiger partial charge on any atom is 0.227 e. The van der Waals surface area contributed by atoms with Crippen molar-refractivity contribution in [2.75, 3.05) is 11.4 Å². The fourth-order valence-electron chi connectivity index (χ4n) is 1.99. The summed E-state index contributed by atoms with van der Waals surface area (Å²) in [6, 6.07) is 4.40. The number of β-amino-alcohol motifs (C(OH)–C–C–N with tert-alkyl or cyclic N) is 1. The van der Waals surface area contributed by atoms with E-state index in [1.54, 1.807) is 13.0 Å². The van der Waals surface area contributed by atoms with Crippen LogP contribution >= 0.6 is 0 Å². The van der Waals surface area contributed by atoms with E-state index in [0.29, 0.717) is 12.8 Å². The number of nitrogens with zero attached hydrogens (tertiary/aromatic N) is 1. The van der Waals surface area contributed by atoms with E-state index in [9.17, 15) is 14.3 Å². The van der Waals surface area contributed by atoms with E-state index >= 15 is 0 Å². The monoisotopic (exact) mass is 223 g/mol. The van der Waals surface area contributed by atoms with Crippen LogP contribution in [-0.2, 0) is 11.2 Å². The summed E-state index contributed by atoms with van der Waals surface area (Å²) >= 11 is 0. The van der Waals surface area contributed by atoms with Gasteiger partial charge in [0.25, 0.3) is 0 Å². The van der Waals surface area contributed by atoms with Crippen LogP contribution in [0.25, 0.3) is 0 Å². The average molecular weight is 223 g/mol. The number of aryl methyl sites for hydroxylation is 1. The Hall–Kier alpha value is -1.42. The fraction of sp³-hybridized carbons (Fsp3) is 0.417. The summed E-state index contributed by atoms with van der Waals surface area (Å²) in [7, 11) is 0. The van der Waals surface area contributed by atoms with Gasteiger partial charge in [0.1, 0.15) is 5.82 Å². The Bertz CT molecular complexity index is 417. The van der Waals surface area contributed by atoms with E-state index in [1.807, 2.05) is 0 Å². The number of halogens is 1. The summed E-state index contributed by atoms with van der Waals surface area (Å²) in [5.41, 5.74) is 1.55. The fourth-order valence-corrected chi connectivity index (χ4v) is 1.99. The van der Waals surface area contributed by atoms with Gasteiger partial charge in [-0.15, -0.1) is 0 Å². The third-order valence-corrected chi connectivity index (χ3v) is 2.69. The van der Waals surface area contributed by atoms with E-state index in [1.165, 1.54) is 17.0 Å². The molecule has 86 valence electrons. The molecule has 1 aliphatic rings. The number of aliphatic hydroxyl groups is 1. The number of hydrogen-bond donors (Lipinski definition) is 1. The zero-order valence-corrected chi connectivity index (χ0v) is 9.11. The highest BCUT2D eigenvalue weighted by atomic mass is 19.1. The average Bonchev–Trinajstić information content (AvgIpc) is 2.22. The van der Waals surface area contributed by atoms with Crippen molar-refractivity contribution in [3.63, 3.8) is 0 Å². The second-order valence-corrected chi connectivity index (χ2v) is 4.13. The Morgan fingerprint density at radius 2 is 2.25 bits per heavy atom. The number of anilines is 1. The molecule has 1 N–H and O–H groups in total. The minimum Gasteiger partial charge on any atom is -0.392 e. The maximum absolute atomic E-state index is 13.0. The molecule has 1 aromatic rings. The van der Waals surface area contributed by atoms with E-state index in [0.717, 1.165) is 11.3 Å². The molecule has 0 bridgehead atoms. The number of fused-ring (bicyclic) bond motifs is 1. The summed E-state index contributed by atoms with van der Waals surface area (Å²) in [6.45, 7) is 1.89. The van der Waals surface area contributed by atoms with E-state index in [4.69, 9.17) is 0 Å². The summed E-state index contributed by atoms with van der Waals surface area (Å²) in [6.07, 6.45) is 0.366. The molecule has 0 radical (unpaired) electrons. The zero-order valence-electron chi connectivity index (χ0n) is 9.11. The van der Waals surface area contributed by atoms with Crippen molar-refractivity contribution in [1.82, 2.24) is 0 Å². The van der Waals surface area contributed by atoms with Crippen molar-refractivity contribution in [1.29, 1.82) is 0 Å². The van der Waals surface area contributed by atoms with Gasteiger partial charge >= 0.3 is 0 Å². The summed E-state index contributed by atoms with van der Waals surface area (Å²) < 4.78 is 13.0. The first kappa shape index (κ1) is 11.1. The summed E-state index contributed by atoms with van der Waals surface area (Å²) in [5, 5.41) is 9.33. The third-order valence-electron chi connectivity index (χ3n) is 2.69. The highest BCUT2D eigenvalue weighted by Crippen LogP contribution is 2.28. The second-order valence-electron chi connectivity index (χ2n) is 4.13. The number of carbonyl (C=O) groups is 1. The minimum absolute atomic E-state index is 0.0139. The molecule has 1 aromatic carbocycles. The zero-order chi connectivity index (χ0) is 11.7. The molecule has 0 aliphatic carbocycles.